The minimum Gasteiger partial charge on any atom is -0.493 e. The van der Waals surface area contributed by atoms with E-state index in [1.54, 1.807) is 0 Å². The van der Waals surface area contributed by atoms with Gasteiger partial charge in [-0.15, -0.1) is 0 Å². The van der Waals surface area contributed by atoms with Crippen LogP contribution in [0.5, 0.6) is 11.5 Å². The summed E-state index contributed by atoms with van der Waals surface area (Å²) in [5.74, 6) is 0.806. The van der Waals surface area contributed by atoms with Crippen molar-refractivity contribution in [3.63, 3.8) is 0 Å². The molecule has 1 N–H and O–H groups in total. The van der Waals surface area contributed by atoms with Gasteiger partial charge in [0.1, 0.15) is 18.1 Å². The van der Waals surface area contributed by atoms with Crippen LogP contribution in [-0.4, -0.2) is 60.3 Å². The first-order valence-corrected chi connectivity index (χ1v) is 13.6. The van der Waals surface area contributed by atoms with Gasteiger partial charge in [0.2, 0.25) is 0 Å². The summed E-state index contributed by atoms with van der Waals surface area (Å²) in [5, 5.41) is 17.1. The summed E-state index contributed by atoms with van der Waals surface area (Å²) in [4.78, 5) is 15.4. The average Bonchev–Trinajstić information content (AvgIpc) is 2.91. The van der Waals surface area contributed by atoms with E-state index in [9.17, 15) is 4.79 Å². The van der Waals surface area contributed by atoms with Crippen LogP contribution < -0.4 is 9.47 Å². The van der Waals surface area contributed by atoms with Crippen molar-refractivity contribution in [2.45, 2.75) is 64.5 Å². The maximum atomic E-state index is 10.4. The number of carbonyl (C=O) groups is 1. The molecule has 0 atom stereocenters. The highest BCUT2D eigenvalue weighted by molar-refractivity contribution is 5.66. The Balaban J connectivity index is 0.000000206. The first-order chi connectivity index (χ1) is 18.1. The second-order valence-electron chi connectivity index (χ2n) is 9.72. The predicted octanol–water partition coefficient (Wildman–Crippen LogP) is 5.49. The predicted molar refractivity (Wildman–Crippen MR) is 145 cm³/mol. The lowest BCUT2D eigenvalue weighted by atomic mass is 10.1. The lowest BCUT2D eigenvalue weighted by Crippen LogP contribution is -2.29. The van der Waals surface area contributed by atoms with E-state index in [-0.39, 0.29) is 13.0 Å². The molecule has 0 bridgehead atoms. The number of hydrogen-bond acceptors (Lipinski definition) is 6. The highest BCUT2D eigenvalue weighted by atomic mass is 16.5. The quantitative estimate of drug-likeness (QED) is 0.403. The molecule has 200 valence electrons. The summed E-state index contributed by atoms with van der Waals surface area (Å²) in [6, 6.07) is 18.3. The van der Waals surface area contributed by atoms with Crippen LogP contribution in [0.15, 0.2) is 48.5 Å². The number of ether oxygens (including phenoxy) is 2. The standard InChI is InChI=1S/C15H20N2O.C15H21NO3/c16-8-5-11-18-15-7-4-6-14(12-15)13-17-9-2-1-3-10-17;17-15(18)7-10-19-14-6-4-5-13(11-14)12-16-8-2-1-3-9-16/h4,6-7,12H,1-3,5,9-11,13H2;4-6,11H,1-3,7-10,12H2,(H,17,18). The molecule has 2 aromatic rings. The zero-order chi connectivity index (χ0) is 26.1. The monoisotopic (exact) mass is 507 g/mol. The molecule has 4 rings (SSSR count). The molecule has 2 fully saturated rings. The Morgan fingerprint density at radius 3 is 1.73 bits per heavy atom. The Morgan fingerprint density at radius 1 is 0.784 bits per heavy atom. The molecule has 0 spiro atoms. The number of nitrogens with zero attached hydrogens (tertiary/aromatic N) is 3. The van der Waals surface area contributed by atoms with Gasteiger partial charge in [0.15, 0.2) is 0 Å². The van der Waals surface area contributed by atoms with Crippen LogP contribution in [0.4, 0.5) is 0 Å². The smallest absolute Gasteiger partial charge is 0.306 e. The van der Waals surface area contributed by atoms with Gasteiger partial charge < -0.3 is 14.6 Å². The molecule has 0 radical (unpaired) electrons. The van der Waals surface area contributed by atoms with E-state index < -0.39 is 5.97 Å². The molecule has 7 heteroatoms. The third-order valence-corrected chi connectivity index (χ3v) is 6.57. The molecule has 2 saturated heterocycles. The van der Waals surface area contributed by atoms with E-state index in [0.29, 0.717) is 13.0 Å². The number of hydrogen-bond donors (Lipinski definition) is 1. The fourth-order valence-electron chi connectivity index (χ4n) is 4.69. The molecule has 0 aromatic heterocycles. The molecule has 0 amide bonds. The number of likely N-dealkylation sites (tertiary alicyclic amines) is 2. The lowest BCUT2D eigenvalue weighted by molar-refractivity contribution is -0.137. The second-order valence-corrected chi connectivity index (χ2v) is 9.72. The topological polar surface area (TPSA) is 86.0 Å². The second kappa shape index (κ2) is 16.6. The van der Waals surface area contributed by atoms with Gasteiger partial charge in [-0.1, -0.05) is 37.1 Å². The highest BCUT2D eigenvalue weighted by Crippen LogP contribution is 2.19. The van der Waals surface area contributed by atoms with Crippen LogP contribution in [0.25, 0.3) is 0 Å². The number of nitriles is 1. The maximum Gasteiger partial charge on any atom is 0.306 e. The number of carboxylic acids is 1. The minimum absolute atomic E-state index is 0.0380. The van der Waals surface area contributed by atoms with E-state index in [4.69, 9.17) is 19.8 Å². The highest BCUT2D eigenvalue weighted by Gasteiger charge is 2.11. The normalized spacial score (nSPS) is 16.2. The van der Waals surface area contributed by atoms with Crippen molar-refractivity contribution in [2.24, 2.45) is 0 Å². The number of carboxylic acid groups (broad SMARTS) is 1. The van der Waals surface area contributed by atoms with Gasteiger partial charge in [-0.05, 0) is 87.3 Å². The summed E-state index contributed by atoms with van der Waals surface area (Å²) >= 11 is 0. The van der Waals surface area contributed by atoms with Crippen molar-refractivity contribution in [3.05, 3.63) is 59.7 Å². The lowest BCUT2D eigenvalue weighted by Gasteiger charge is -2.26. The molecule has 37 heavy (non-hydrogen) atoms. The van der Waals surface area contributed by atoms with E-state index in [0.717, 1.165) is 24.6 Å². The Bertz CT molecular complexity index is 979. The number of benzene rings is 2. The molecule has 2 aliphatic heterocycles. The molecule has 0 unspecified atom stereocenters. The van der Waals surface area contributed by atoms with Crippen LogP contribution in [0.3, 0.4) is 0 Å². The average molecular weight is 508 g/mol. The fraction of sp³-hybridized carbons (Fsp3) is 0.533. The van der Waals surface area contributed by atoms with Crippen LogP contribution in [-0.2, 0) is 17.9 Å². The van der Waals surface area contributed by atoms with E-state index >= 15 is 0 Å². The molecule has 0 aliphatic carbocycles. The Labute approximate surface area is 221 Å². The van der Waals surface area contributed by atoms with Crippen molar-refractivity contribution >= 4 is 5.97 Å². The van der Waals surface area contributed by atoms with Crippen LogP contribution in [0, 0.1) is 11.3 Å². The van der Waals surface area contributed by atoms with Crippen LogP contribution in [0.2, 0.25) is 0 Å². The summed E-state index contributed by atoms with van der Waals surface area (Å²) in [6.07, 6.45) is 8.40. The van der Waals surface area contributed by atoms with Gasteiger partial charge in [0.25, 0.3) is 0 Å². The first kappa shape index (κ1) is 28.5. The number of aliphatic carboxylic acids is 1. The zero-order valence-corrected chi connectivity index (χ0v) is 21.9. The van der Waals surface area contributed by atoms with Crippen LogP contribution >= 0.6 is 0 Å². The van der Waals surface area contributed by atoms with E-state index in [2.05, 4.69) is 34.1 Å². The summed E-state index contributed by atoms with van der Waals surface area (Å²) in [6.45, 7) is 7.42. The van der Waals surface area contributed by atoms with Crippen molar-refractivity contribution in [3.8, 4) is 17.6 Å². The number of piperidine rings is 2. The van der Waals surface area contributed by atoms with E-state index in [1.807, 2.05) is 30.3 Å². The molecule has 0 saturated carbocycles. The number of rotatable bonds is 11. The van der Waals surface area contributed by atoms with Gasteiger partial charge in [-0.25, -0.2) is 0 Å². The summed E-state index contributed by atoms with van der Waals surface area (Å²) in [5.41, 5.74) is 2.53. The Hall–Kier alpha value is -3.08. The molecular formula is C30H41N3O4. The summed E-state index contributed by atoms with van der Waals surface area (Å²) < 4.78 is 11.0. The van der Waals surface area contributed by atoms with Gasteiger partial charge >= 0.3 is 5.97 Å². The van der Waals surface area contributed by atoms with Crippen LogP contribution in [0.1, 0.15) is 62.5 Å². The fourth-order valence-corrected chi connectivity index (χ4v) is 4.69. The minimum atomic E-state index is -0.829. The van der Waals surface area contributed by atoms with Gasteiger partial charge in [-0.3, -0.25) is 14.6 Å². The maximum absolute atomic E-state index is 10.4. The third-order valence-electron chi connectivity index (χ3n) is 6.57. The SMILES string of the molecule is N#CCCOc1cccc(CN2CCCCC2)c1.O=C(O)CCOc1cccc(CN2CCCCC2)c1. The Morgan fingerprint density at radius 2 is 1.27 bits per heavy atom. The largest absolute Gasteiger partial charge is 0.493 e. The van der Waals surface area contributed by atoms with Gasteiger partial charge in [0.05, 0.1) is 25.5 Å². The van der Waals surface area contributed by atoms with Gasteiger partial charge in [-0.2, -0.15) is 5.26 Å². The zero-order valence-electron chi connectivity index (χ0n) is 21.9. The third kappa shape index (κ3) is 11.7. The van der Waals surface area contributed by atoms with Gasteiger partial charge in [0, 0.05) is 13.1 Å². The molecule has 7 nitrogen and oxygen atoms in total. The van der Waals surface area contributed by atoms with Crippen molar-refractivity contribution in [2.75, 3.05) is 39.4 Å². The van der Waals surface area contributed by atoms with Crippen molar-refractivity contribution in [1.82, 2.24) is 9.80 Å². The molecule has 2 aliphatic rings. The molecule has 2 aromatic carbocycles. The molecule has 2 heterocycles. The first-order valence-electron chi connectivity index (χ1n) is 13.6. The van der Waals surface area contributed by atoms with Crippen molar-refractivity contribution < 1.29 is 19.4 Å². The van der Waals surface area contributed by atoms with Crippen molar-refractivity contribution in [1.29, 1.82) is 5.26 Å². The summed E-state index contributed by atoms with van der Waals surface area (Å²) in [7, 11) is 0. The Kier molecular flexibility index (Phi) is 12.8. The molecular weight excluding hydrogens is 466 g/mol. The van der Waals surface area contributed by atoms with E-state index in [1.165, 1.54) is 75.8 Å².